The van der Waals surface area contributed by atoms with Gasteiger partial charge in [-0.2, -0.15) is 0 Å². The Bertz CT molecular complexity index is 1430. The summed E-state index contributed by atoms with van der Waals surface area (Å²) in [4.78, 5) is 30.3. The average Bonchev–Trinajstić information content (AvgIpc) is 3.15. The maximum Gasteiger partial charge on any atom is 0.300 e. The summed E-state index contributed by atoms with van der Waals surface area (Å²) in [5.41, 5.74) is 2.60. The molecule has 0 radical (unpaired) electrons. The van der Waals surface area contributed by atoms with E-state index in [1.54, 1.807) is 50.2 Å². The number of amides is 1. The number of anilines is 2. The number of methoxy groups -OCH3 is 1. The molecule has 0 aliphatic carbocycles. The summed E-state index contributed by atoms with van der Waals surface area (Å²) in [6, 6.07) is 14.0. The third-order valence-electron chi connectivity index (χ3n) is 6.34. The topological polar surface area (TPSA) is 99.5 Å². The number of phenolic OH excluding ortho intramolecular Hbond substituents is 1. The molecular weight excluding hydrogens is 508 g/mol. The molecule has 1 amide bonds. The molecule has 1 saturated heterocycles. The molecule has 1 aliphatic heterocycles. The smallest absolute Gasteiger partial charge is 0.300 e. The number of aliphatic hydroxyl groups is 1. The summed E-state index contributed by atoms with van der Waals surface area (Å²) in [5, 5.41) is 22.1. The van der Waals surface area contributed by atoms with E-state index in [1.165, 1.54) is 18.1 Å². The lowest BCUT2D eigenvalue weighted by Crippen LogP contribution is -2.29. The van der Waals surface area contributed by atoms with Crippen molar-refractivity contribution in [1.82, 2.24) is 0 Å². The molecule has 3 aromatic carbocycles. The quantitative estimate of drug-likeness (QED) is 0.235. The largest absolute Gasteiger partial charge is 0.507 e. The van der Waals surface area contributed by atoms with Crippen LogP contribution in [0.1, 0.15) is 29.7 Å². The number of hydrogen-bond donors (Lipinski definition) is 2. The number of phenols is 1. The number of benzene rings is 3. The highest BCUT2D eigenvalue weighted by atomic mass is 35.5. The summed E-state index contributed by atoms with van der Waals surface area (Å²) in [6.07, 6.45) is 0. The molecule has 1 fully saturated rings. The van der Waals surface area contributed by atoms with Gasteiger partial charge in [-0.1, -0.05) is 17.7 Å². The van der Waals surface area contributed by atoms with Crippen LogP contribution in [0.25, 0.3) is 5.76 Å². The number of ketones is 1. The van der Waals surface area contributed by atoms with Crippen molar-refractivity contribution < 1.29 is 29.3 Å². The summed E-state index contributed by atoms with van der Waals surface area (Å²) in [7, 11) is 5.20. The molecule has 1 atom stereocenters. The number of aryl methyl sites for hydroxylation is 1. The van der Waals surface area contributed by atoms with Gasteiger partial charge in [-0.15, -0.1) is 0 Å². The second-order valence-corrected chi connectivity index (χ2v) is 9.47. The number of nitrogens with zero attached hydrogens (tertiary/aromatic N) is 2. The first-order valence-electron chi connectivity index (χ1n) is 12.0. The van der Waals surface area contributed by atoms with Crippen LogP contribution in [0.4, 0.5) is 11.4 Å². The van der Waals surface area contributed by atoms with E-state index in [0.29, 0.717) is 17.9 Å². The molecular formula is C29H29ClN2O6. The predicted octanol–water partition coefficient (Wildman–Crippen LogP) is 5.45. The monoisotopic (exact) mass is 536 g/mol. The van der Waals surface area contributed by atoms with Gasteiger partial charge in [0.15, 0.2) is 11.5 Å². The Kier molecular flexibility index (Phi) is 7.55. The number of halogens is 1. The van der Waals surface area contributed by atoms with Gasteiger partial charge in [0.2, 0.25) is 0 Å². The van der Waals surface area contributed by atoms with E-state index in [4.69, 9.17) is 21.1 Å². The maximum absolute atomic E-state index is 13.5. The molecule has 3 aromatic rings. The predicted molar refractivity (Wildman–Crippen MR) is 148 cm³/mol. The molecule has 1 unspecified atom stereocenters. The van der Waals surface area contributed by atoms with Crippen LogP contribution in [-0.2, 0) is 9.59 Å². The molecule has 4 rings (SSSR count). The fraction of sp³-hybridized carbons (Fsp3) is 0.241. The first-order valence-corrected chi connectivity index (χ1v) is 12.3. The summed E-state index contributed by atoms with van der Waals surface area (Å²) >= 11 is 6.37. The fourth-order valence-corrected chi connectivity index (χ4v) is 4.91. The van der Waals surface area contributed by atoms with E-state index in [1.807, 2.05) is 31.1 Å². The minimum absolute atomic E-state index is 0.0879. The van der Waals surface area contributed by atoms with Gasteiger partial charge in [0, 0.05) is 25.5 Å². The molecule has 0 spiro atoms. The number of aliphatic hydroxyl groups excluding tert-OH is 1. The van der Waals surface area contributed by atoms with Crippen molar-refractivity contribution in [3.05, 3.63) is 81.9 Å². The zero-order valence-corrected chi connectivity index (χ0v) is 22.5. The van der Waals surface area contributed by atoms with Gasteiger partial charge < -0.3 is 24.6 Å². The van der Waals surface area contributed by atoms with Gasteiger partial charge in [-0.3, -0.25) is 14.5 Å². The van der Waals surface area contributed by atoms with Gasteiger partial charge in [0.05, 0.1) is 35.9 Å². The molecule has 1 aliphatic rings. The van der Waals surface area contributed by atoms with Crippen LogP contribution in [0, 0.1) is 6.92 Å². The summed E-state index contributed by atoms with van der Waals surface area (Å²) in [5.74, 6) is -1.82. The van der Waals surface area contributed by atoms with Crippen molar-refractivity contribution in [1.29, 1.82) is 0 Å². The zero-order chi connectivity index (χ0) is 27.7. The lowest BCUT2D eigenvalue weighted by Gasteiger charge is -2.26. The molecule has 0 aromatic heterocycles. The Hall–Kier alpha value is -4.17. The van der Waals surface area contributed by atoms with Crippen molar-refractivity contribution in [2.75, 3.05) is 37.6 Å². The first-order chi connectivity index (χ1) is 18.1. The lowest BCUT2D eigenvalue weighted by molar-refractivity contribution is -0.132. The van der Waals surface area contributed by atoms with Crippen LogP contribution in [0.15, 0.2) is 60.2 Å². The normalized spacial score (nSPS) is 16.6. The molecule has 0 bridgehead atoms. The minimum atomic E-state index is -1.02. The summed E-state index contributed by atoms with van der Waals surface area (Å²) < 4.78 is 11.0. The van der Waals surface area contributed by atoms with E-state index >= 15 is 0 Å². The van der Waals surface area contributed by atoms with Crippen molar-refractivity contribution in [3.8, 4) is 17.2 Å². The number of carbonyl (C=O) groups excluding carboxylic acids is 2. The molecule has 2 N–H and O–H groups in total. The van der Waals surface area contributed by atoms with Gasteiger partial charge in [0.1, 0.15) is 11.5 Å². The van der Waals surface area contributed by atoms with Crippen LogP contribution in [-0.4, -0.2) is 49.7 Å². The number of rotatable bonds is 7. The van der Waals surface area contributed by atoms with E-state index < -0.39 is 23.5 Å². The number of carbonyl (C=O) groups is 2. The van der Waals surface area contributed by atoms with Crippen molar-refractivity contribution in [3.63, 3.8) is 0 Å². The van der Waals surface area contributed by atoms with Gasteiger partial charge in [-0.05, 0) is 73.5 Å². The standard InChI is InChI=1S/C29H29ClN2O6/c1-6-38-23-15-17(7-12-22(23)33)25-24(26(34)20-13-16(2)14-21(30)28(20)37-5)27(35)29(36)32(25)19-10-8-18(9-11-19)31(3)4/h7-15,25,33-34H,6H2,1-5H3/b26-24+. The van der Waals surface area contributed by atoms with E-state index in [-0.39, 0.29) is 33.4 Å². The summed E-state index contributed by atoms with van der Waals surface area (Å²) in [6.45, 7) is 3.86. The second-order valence-electron chi connectivity index (χ2n) is 9.07. The zero-order valence-electron chi connectivity index (χ0n) is 21.8. The number of ether oxygens (including phenoxy) is 2. The van der Waals surface area contributed by atoms with Crippen LogP contribution < -0.4 is 19.3 Å². The average molecular weight is 537 g/mol. The fourth-order valence-electron chi connectivity index (χ4n) is 4.55. The minimum Gasteiger partial charge on any atom is -0.507 e. The molecule has 1 heterocycles. The Morgan fingerprint density at radius 3 is 2.37 bits per heavy atom. The number of Topliss-reactive ketones (excluding diaryl/α,β-unsaturated/α-hetero) is 1. The molecule has 198 valence electrons. The number of aromatic hydroxyl groups is 1. The molecule has 38 heavy (non-hydrogen) atoms. The first kappa shape index (κ1) is 26.9. The Morgan fingerprint density at radius 1 is 1.08 bits per heavy atom. The lowest BCUT2D eigenvalue weighted by atomic mass is 9.94. The van der Waals surface area contributed by atoms with E-state index in [2.05, 4.69) is 0 Å². The third-order valence-corrected chi connectivity index (χ3v) is 6.62. The third kappa shape index (κ3) is 4.75. The van der Waals surface area contributed by atoms with Gasteiger partial charge in [0.25, 0.3) is 11.7 Å². The van der Waals surface area contributed by atoms with Crippen LogP contribution in [0.3, 0.4) is 0 Å². The molecule has 9 heteroatoms. The highest BCUT2D eigenvalue weighted by Crippen LogP contribution is 2.46. The van der Waals surface area contributed by atoms with Crippen molar-refractivity contribution in [2.24, 2.45) is 0 Å². The molecule has 8 nitrogen and oxygen atoms in total. The van der Waals surface area contributed by atoms with E-state index in [0.717, 1.165) is 11.3 Å². The maximum atomic E-state index is 13.5. The highest BCUT2D eigenvalue weighted by molar-refractivity contribution is 6.51. The van der Waals surface area contributed by atoms with Crippen LogP contribution in [0.5, 0.6) is 17.2 Å². The van der Waals surface area contributed by atoms with Crippen molar-refractivity contribution in [2.45, 2.75) is 19.9 Å². The van der Waals surface area contributed by atoms with Crippen molar-refractivity contribution >= 4 is 40.4 Å². The SMILES string of the molecule is CCOc1cc(C2/C(=C(\O)c3cc(C)cc(Cl)c3OC)C(=O)C(=O)N2c2ccc(N(C)C)cc2)ccc1O. The number of hydrogen-bond acceptors (Lipinski definition) is 7. The second kappa shape index (κ2) is 10.7. The Balaban J connectivity index is 2.00. The van der Waals surface area contributed by atoms with Crippen LogP contribution in [0.2, 0.25) is 5.02 Å². The Labute approximate surface area is 226 Å². The van der Waals surface area contributed by atoms with Gasteiger partial charge >= 0.3 is 0 Å². The van der Waals surface area contributed by atoms with Crippen LogP contribution >= 0.6 is 11.6 Å². The molecule has 0 saturated carbocycles. The highest BCUT2D eigenvalue weighted by Gasteiger charge is 2.47. The Morgan fingerprint density at radius 2 is 1.76 bits per heavy atom. The van der Waals surface area contributed by atoms with Gasteiger partial charge in [-0.25, -0.2) is 0 Å². The van der Waals surface area contributed by atoms with E-state index in [9.17, 15) is 19.8 Å².